The van der Waals surface area contributed by atoms with Crippen molar-refractivity contribution in [3.8, 4) is 11.3 Å². The van der Waals surface area contributed by atoms with Gasteiger partial charge in [-0.15, -0.1) is 11.3 Å². The van der Waals surface area contributed by atoms with E-state index < -0.39 is 5.82 Å². The number of amides is 1. The summed E-state index contributed by atoms with van der Waals surface area (Å²) in [4.78, 5) is 37.4. The molecule has 222 valence electrons. The lowest BCUT2D eigenvalue weighted by Gasteiger charge is -2.35. The van der Waals surface area contributed by atoms with Gasteiger partial charge in [0.05, 0.1) is 16.3 Å². The Balaban J connectivity index is 1.10. The van der Waals surface area contributed by atoms with E-state index in [0.717, 1.165) is 37.6 Å². The number of aromatic nitrogens is 2. The topological polar surface area (TPSA) is 82.5 Å². The molecule has 0 spiro atoms. The lowest BCUT2D eigenvalue weighted by atomic mass is 9.71. The smallest absolute Gasteiger partial charge is 0.293 e. The number of fused-ring (bicyclic) bond motifs is 2. The van der Waals surface area contributed by atoms with Crippen LogP contribution in [0.3, 0.4) is 0 Å². The van der Waals surface area contributed by atoms with Gasteiger partial charge in [-0.3, -0.25) is 9.59 Å². The van der Waals surface area contributed by atoms with E-state index in [-0.39, 0.29) is 23.0 Å². The van der Waals surface area contributed by atoms with Crippen LogP contribution in [0.1, 0.15) is 57.6 Å². The zero-order chi connectivity index (χ0) is 29.7. The first-order chi connectivity index (χ1) is 20.8. The molecular formula is C33H35FN6O2S. The lowest BCUT2D eigenvalue weighted by molar-refractivity contribution is 0.103. The molecule has 2 aromatic carbocycles. The number of thiophene rings is 1. The van der Waals surface area contributed by atoms with Crippen molar-refractivity contribution >= 4 is 40.1 Å². The van der Waals surface area contributed by atoms with Crippen LogP contribution in [0.2, 0.25) is 0 Å². The number of piperazine rings is 1. The summed E-state index contributed by atoms with van der Waals surface area (Å²) in [5.41, 5.74) is 4.08. The van der Waals surface area contributed by atoms with Gasteiger partial charge in [0.25, 0.3) is 11.5 Å². The fourth-order valence-corrected chi connectivity index (χ4v) is 7.90. The number of halogens is 1. The summed E-state index contributed by atoms with van der Waals surface area (Å²) in [6, 6.07) is 14.5. The molecule has 0 unspecified atom stereocenters. The van der Waals surface area contributed by atoms with Crippen molar-refractivity contribution in [3.63, 3.8) is 0 Å². The van der Waals surface area contributed by atoms with Crippen molar-refractivity contribution in [2.45, 2.75) is 37.5 Å². The van der Waals surface area contributed by atoms with E-state index in [0.29, 0.717) is 28.0 Å². The van der Waals surface area contributed by atoms with Crippen LogP contribution in [0.5, 0.6) is 0 Å². The zero-order valence-electron chi connectivity index (χ0n) is 24.4. The molecular weight excluding hydrogens is 563 g/mol. The highest BCUT2D eigenvalue weighted by molar-refractivity contribution is 7.14. The second-order valence-electron chi connectivity index (χ2n) is 12.0. The molecule has 8 nitrogen and oxygen atoms in total. The summed E-state index contributed by atoms with van der Waals surface area (Å²) in [5.74, 6) is 0.445. The molecule has 2 bridgehead atoms. The molecule has 1 saturated heterocycles. The Morgan fingerprint density at radius 1 is 0.953 bits per heavy atom. The molecule has 2 aromatic heterocycles. The number of carbonyl (C=O) groups excluding carboxylic acids is 1. The molecule has 3 aliphatic carbocycles. The number of hydrogen-bond acceptors (Lipinski definition) is 7. The molecule has 4 aliphatic rings. The summed E-state index contributed by atoms with van der Waals surface area (Å²) >= 11 is 1.55. The summed E-state index contributed by atoms with van der Waals surface area (Å²) in [6.07, 6.45) is 6.39. The normalized spacial score (nSPS) is 19.7. The first-order valence-corrected chi connectivity index (χ1v) is 15.8. The van der Waals surface area contributed by atoms with E-state index >= 15 is 0 Å². The zero-order valence-corrected chi connectivity index (χ0v) is 25.2. The van der Waals surface area contributed by atoms with Gasteiger partial charge in [0.2, 0.25) is 0 Å². The van der Waals surface area contributed by atoms with Crippen LogP contribution < -0.4 is 21.1 Å². The predicted molar refractivity (Wildman–Crippen MR) is 171 cm³/mol. The molecule has 1 saturated carbocycles. The van der Waals surface area contributed by atoms with Gasteiger partial charge < -0.3 is 25.0 Å². The SMILES string of the molecule is CN1CCN(c2ccc(Nc3nc(-c4ccc(F)c(NC(=O)c5cc6c(s5)C5CCC6CC5)c4)cn(C)c3=O)cc2)CC1. The van der Waals surface area contributed by atoms with Crippen LogP contribution in [0.4, 0.5) is 27.3 Å². The maximum atomic E-state index is 14.9. The first-order valence-electron chi connectivity index (χ1n) is 15.0. The minimum Gasteiger partial charge on any atom is -0.369 e. The highest BCUT2D eigenvalue weighted by atomic mass is 32.1. The summed E-state index contributed by atoms with van der Waals surface area (Å²) in [7, 11) is 3.79. The van der Waals surface area contributed by atoms with Crippen molar-refractivity contribution < 1.29 is 9.18 Å². The first kappa shape index (κ1) is 27.8. The number of nitrogens with one attached hydrogen (secondary N) is 2. The minimum absolute atomic E-state index is 0.0847. The summed E-state index contributed by atoms with van der Waals surface area (Å²) in [5, 5.41) is 5.95. The number of benzene rings is 2. The van der Waals surface area contributed by atoms with Crippen LogP contribution in [0, 0.1) is 5.82 Å². The third-order valence-electron chi connectivity index (χ3n) is 9.13. The standard InChI is InChI=1S/C33H35FN6O2S/c1-38-13-15-40(16-14-38)24-10-8-23(9-11-24)35-31-33(42)39(2)19-28(36-31)22-7-12-26(34)27(17-22)37-32(41)29-18-25-20-3-5-21(6-4-20)30(25)43-29/h7-12,17-21H,3-6,13-16H2,1-2H3,(H,35,36)(H,37,41). The molecule has 0 radical (unpaired) electrons. The van der Waals surface area contributed by atoms with Gasteiger partial charge in [-0.25, -0.2) is 9.37 Å². The predicted octanol–water partition coefficient (Wildman–Crippen LogP) is 6.15. The van der Waals surface area contributed by atoms with Crippen LogP contribution in [-0.4, -0.2) is 53.6 Å². The van der Waals surface area contributed by atoms with E-state index in [9.17, 15) is 14.0 Å². The van der Waals surface area contributed by atoms with Crippen molar-refractivity contribution in [1.29, 1.82) is 0 Å². The van der Waals surface area contributed by atoms with Gasteiger partial charge in [0.15, 0.2) is 5.82 Å². The van der Waals surface area contributed by atoms with E-state index in [2.05, 4.69) is 32.5 Å². The van der Waals surface area contributed by atoms with Gasteiger partial charge in [0.1, 0.15) is 5.82 Å². The second kappa shape index (κ2) is 11.2. The monoisotopic (exact) mass is 598 g/mol. The summed E-state index contributed by atoms with van der Waals surface area (Å²) < 4.78 is 16.4. The van der Waals surface area contributed by atoms with Gasteiger partial charge >= 0.3 is 0 Å². The molecule has 1 amide bonds. The number of rotatable bonds is 6. The largest absolute Gasteiger partial charge is 0.369 e. The Bertz CT molecular complexity index is 1700. The fourth-order valence-electron chi connectivity index (χ4n) is 6.58. The average molecular weight is 599 g/mol. The molecule has 43 heavy (non-hydrogen) atoms. The van der Waals surface area contributed by atoms with Crippen molar-refractivity contribution in [1.82, 2.24) is 14.5 Å². The third-order valence-corrected chi connectivity index (χ3v) is 10.4. The number of nitrogens with zero attached hydrogens (tertiary/aromatic N) is 4. The van der Waals surface area contributed by atoms with E-state index in [1.165, 1.54) is 46.8 Å². The highest BCUT2D eigenvalue weighted by Gasteiger charge is 2.35. The van der Waals surface area contributed by atoms with Crippen molar-refractivity contribution in [3.05, 3.63) is 86.2 Å². The van der Waals surface area contributed by atoms with Crippen LogP contribution in [-0.2, 0) is 7.05 Å². The Morgan fingerprint density at radius 3 is 2.40 bits per heavy atom. The van der Waals surface area contributed by atoms with Crippen LogP contribution >= 0.6 is 11.3 Å². The molecule has 2 fully saturated rings. The second-order valence-corrected chi connectivity index (χ2v) is 13.1. The number of carbonyl (C=O) groups is 1. The van der Waals surface area contributed by atoms with E-state index in [1.807, 2.05) is 30.3 Å². The van der Waals surface area contributed by atoms with Crippen LogP contribution in [0.15, 0.2) is 59.5 Å². The summed E-state index contributed by atoms with van der Waals surface area (Å²) in [6.45, 7) is 4.00. The molecule has 8 rings (SSSR count). The number of anilines is 4. The van der Waals surface area contributed by atoms with Gasteiger partial charge in [-0.1, -0.05) is 0 Å². The number of likely N-dealkylation sites (N-methyl/N-ethyl adjacent to an activating group) is 1. The fraction of sp³-hybridized carbons (Fsp3) is 0.364. The highest BCUT2D eigenvalue weighted by Crippen LogP contribution is 2.52. The molecule has 10 heteroatoms. The quantitative estimate of drug-likeness (QED) is 0.277. The minimum atomic E-state index is -0.526. The molecule has 1 aliphatic heterocycles. The molecule has 2 N–H and O–H groups in total. The molecule has 3 heterocycles. The van der Waals surface area contributed by atoms with Gasteiger partial charge in [-0.05, 0) is 98.7 Å². The Labute approximate surface area is 254 Å². The molecule has 4 aromatic rings. The van der Waals surface area contributed by atoms with Gasteiger partial charge in [-0.2, -0.15) is 0 Å². The Hall–Kier alpha value is -4.02. The van der Waals surface area contributed by atoms with Crippen molar-refractivity contribution in [2.24, 2.45) is 7.05 Å². The van der Waals surface area contributed by atoms with E-state index in [4.69, 9.17) is 0 Å². The Kier molecular flexibility index (Phi) is 7.26. The average Bonchev–Trinajstić information content (AvgIpc) is 3.50. The number of aryl methyl sites for hydroxylation is 1. The maximum absolute atomic E-state index is 14.9. The van der Waals surface area contributed by atoms with Crippen molar-refractivity contribution in [2.75, 3.05) is 48.8 Å². The van der Waals surface area contributed by atoms with Crippen LogP contribution in [0.25, 0.3) is 11.3 Å². The molecule has 0 atom stereocenters. The lowest BCUT2D eigenvalue weighted by Crippen LogP contribution is -2.44. The maximum Gasteiger partial charge on any atom is 0.293 e. The van der Waals surface area contributed by atoms with E-state index in [1.54, 1.807) is 36.7 Å². The Morgan fingerprint density at radius 2 is 1.67 bits per heavy atom. The van der Waals surface area contributed by atoms with Gasteiger partial charge in [0, 0.05) is 61.2 Å². The third kappa shape index (κ3) is 5.45. The number of hydrogen-bond donors (Lipinski definition) is 2.